The van der Waals surface area contributed by atoms with Gasteiger partial charge in [-0.15, -0.1) is 11.3 Å². The molecule has 138 valence electrons. The standard InChI is InChI=1S/C19H22FN3O2S/c1-11(2)16(22-17(24)12-7-3-4-8-13(12)20)18(25)23-19-21-14-9-5-6-10-15(14)26-19/h3-4,7-8,11,16H,5-6,9-10H2,1-2H3,(H,22,24)(H,21,23,25). The number of aryl methyl sites for hydroxylation is 2. The van der Waals surface area contributed by atoms with Crippen LogP contribution in [-0.2, 0) is 17.6 Å². The number of carbonyl (C=O) groups is 2. The number of nitrogens with zero attached hydrogens (tertiary/aromatic N) is 1. The zero-order valence-electron chi connectivity index (χ0n) is 14.8. The molecule has 1 atom stereocenters. The first-order valence-electron chi connectivity index (χ1n) is 8.80. The Labute approximate surface area is 156 Å². The first kappa shape index (κ1) is 18.5. The molecule has 7 heteroatoms. The molecule has 2 aromatic rings. The molecule has 0 saturated heterocycles. The molecule has 1 aromatic carbocycles. The van der Waals surface area contributed by atoms with Gasteiger partial charge in [-0.25, -0.2) is 9.37 Å². The van der Waals surface area contributed by atoms with Crippen LogP contribution in [0.3, 0.4) is 0 Å². The highest BCUT2D eigenvalue weighted by Gasteiger charge is 2.27. The van der Waals surface area contributed by atoms with Gasteiger partial charge in [-0.05, 0) is 43.7 Å². The molecule has 26 heavy (non-hydrogen) atoms. The summed E-state index contributed by atoms with van der Waals surface area (Å²) >= 11 is 1.49. The summed E-state index contributed by atoms with van der Waals surface area (Å²) in [5, 5.41) is 6.02. The molecule has 0 radical (unpaired) electrons. The normalized spacial score (nSPS) is 14.6. The van der Waals surface area contributed by atoms with Crippen molar-refractivity contribution in [3.8, 4) is 0 Å². The van der Waals surface area contributed by atoms with Crippen LogP contribution in [0.1, 0.15) is 47.6 Å². The lowest BCUT2D eigenvalue weighted by molar-refractivity contribution is -0.118. The number of nitrogens with one attached hydrogen (secondary N) is 2. The molecule has 1 aliphatic carbocycles. The maximum absolute atomic E-state index is 13.8. The van der Waals surface area contributed by atoms with Gasteiger partial charge in [0.15, 0.2) is 5.13 Å². The smallest absolute Gasteiger partial charge is 0.254 e. The molecule has 0 spiro atoms. The lowest BCUT2D eigenvalue weighted by Crippen LogP contribution is -2.47. The molecule has 2 amide bonds. The summed E-state index contributed by atoms with van der Waals surface area (Å²) in [7, 11) is 0. The first-order valence-corrected chi connectivity index (χ1v) is 9.62. The lowest BCUT2D eigenvalue weighted by Gasteiger charge is -2.21. The maximum atomic E-state index is 13.8. The fourth-order valence-electron chi connectivity index (χ4n) is 2.99. The van der Waals surface area contributed by atoms with Gasteiger partial charge in [-0.3, -0.25) is 9.59 Å². The molecule has 0 saturated carbocycles. The van der Waals surface area contributed by atoms with Gasteiger partial charge in [0.05, 0.1) is 11.3 Å². The lowest BCUT2D eigenvalue weighted by atomic mass is 10.0. The molecule has 0 aliphatic heterocycles. The van der Waals surface area contributed by atoms with E-state index in [2.05, 4.69) is 15.6 Å². The molecular weight excluding hydrogens is 353 g/mol. The van der Waals surface area contributed by atoms with Crippen molar-refractivity contribution >= 4 is 28.3 Å². The minimum atomic E-state index is -0.775. The Morgan fingerprint density at radius 3 is 2.62 bits per heavy atom. The maximum Gasteiger partial charge on any atom is 0.254 e. The van der Waals surface area contributed by atoms with E-state index in [4.69, 9.17) is 0 Å². The highest BCUT2D eigenvalue weighted by Crippen LogP contribution is 2.29. The van der Waals surface area contributed by atoms with Crippen molar-refractivity contribution in [1.29, 1.82) is 0 Å². The quantitative estimate of drug-likeness (QED) is 0.839. The second kappa shape index (κ2) is 7.95. The van der Waals surface area contributed by atoms with Crippen molar-refractivity contribution < 1.29 is 14.0 Å². The Bertz CT molecular complexity index is 795. The number of hydrogen-bond donors (Lipinski definition) is 2. The fraction of sp³-hybridized carbons (Fsp3) is 0.421. The van der Waals surface area contributed by atoms with Crippen molar-refractivity contribution in [3.63, 3.8) is 0 Å². The summed E-state index contributed by atoms with van der Waals surface area (Å²) in [6.45, 7) is 3.66. The molecule has 1 heterocycles. The zero-order valence-corrected chi connectivity index (χ0v) is 15.7. The van der Waals surface area contributed by atoms with Gasteiger partial charge in [0.25, 0.3) is 5.91 Å². The predicted octanol–water partition coefficient (Wildman–Crippen LogP) is 3.55. The Kier molecular flexibility index (Phi) is 5.66. The highest BCUT2D eigenvalue weighted by atomic mass is 32.1. The van der Waals surface area contributed by atoms with E-state index < -0.39 is 17.8 Å². The molecule has 1 unspecified atom stereocenters. The van der Waals surface area contributed by atoms with Crippen LogP contribution in [0.2, 0.25) is 0 Å². The summed E-state index contributed by atoms with van der Waals surface area (Å²) in [6, 6.07) is 4.95. The summed E-state index contributed by atoms with van der Waals surface area (Å²) in [4.78, 5) is 30.7. The van der Waals surface area contributed by atoms with Crippen LogP contribution < -0.4 is 10.6 Å². The molecular formula is C19H22FN3O2S. The first-order chi connectivity index (χ1) is 12.5. The Morgan fingerprint density at radius 2 is 1.92 bits per heavy atom. The fourth-order valence-corrected chi connectivity index (χ4v) is 4.04. The average Bonchev–Trinajstić information content (AvgIpc) is 3.01. The average molecular weight is 375 g/mol. The third-order valence-electron chi connectivity index (χ3n) is 4.43. The third-order valence-corrected chi connectivity index (χ3v) is 5.50. The van der Waals surface area contributed by atoms with Crippen molar-refractivity contribution in [2.45, 2.75) is 45.6 Å². The Balaban J connectivity index is 1.71. The molecule has 0 fully saturated rings. The van der Waals surface area contributed by atoms with E-state index in [-0.39, 0.29) is 17.4 Å². The highest BCUT2D eigenvalue weighted by molar-refractivity contribution is 7.15. The second-order valence-corrected chi connectivity index (χ2v) is 7.84. The van der Waals surface area contributed by atoms with E-state index in [0.29, 0.717) is 5.13 Å². The van der Waals surface area contributed by atoms with Gasteiger partial charge in [0.1, 0.15) is 11.9 Å². The largest absolute Gasteiger partial charge is 0.340 e. The van der Waals surface area contributed by atoms with Crippen LogP contribution in [0.25, 0.3) is 0 Å². The number of halogens is 1. The van der Waals surface area contributed by atoms with Crippen molar-refractivity contribution in [2.24, 2.45) is 5.92 Å². The Hall–Kier alpha value is -2.28. The molecule has 3 rings (SSSR count). The van der Waals surface area contributed by atoms with E-state index in [1.807, 2.05) is 13.8 Å². The second-order valence-electron chi connectivity index (χ2n) is 6.76. The monoisotopic (exact) mass is 375 g/mol. The summed E-state index contributed by atoms with van der Waals surface area (Å²) in [5.74, 6) is -1.70. The van der Waals surface area contributed by atoms with E-state index in [9.17, 15) is 14.0 Å². The number of benzene rings is 1. The topological polar surface area (TPSA) is 71.1 Å². The number of hydrogen-bond acceptors (Lipinski definition) is 4. The number of amides is 2. The van der Waals surface area contributed by atoms with Gasteiger partial charge >= 0.3 is 0 Å². The number of thiazole rings is 1. The third kappa shape index (κ3) is 4.09. The molecule has 0 bridgehead atoms. The zero-order chi connectivity index (χ0) is 18.7. The van der Waals surface area contributed by atoms with Crippen LogP contribution in [0.4, 0.5) is 9.52 Å². The number of fused-ring (bicyclic) bond motifs is 1. The SMILES string of the molecule is CC(C)C(NC(=O)c1ccccc1F)C(=O)Nc1nc2c(s1)CCCC2. The minimum absolute atomic E-state index is 0.0735. The van der Waals surface area contributed by atoms with Gasteiger partial charge in [-0.2, -0.15) is 0 Å². The molecule has 1 aromatic heterocycles. The van der Waals surface area contributed by atoms with Gasteiger partial charge in [0.2, 0.25) is 5.91 Å². The van der Waals surface area contributed by atoms with Crippen LogP contribution >= 0.6 is 11.3 Å². The summed E-state index contributed by atoms with van der Waals surface area (Å²) < 4.78 is 13.8. The van der Waals surface area contributed by atoms with E-state index in [1.165, 1.54) is 34.4 Å². The van der Waals surface area contributed by atoms with E-state index in [1.54, 1.807) is 6.07 Å². The van der Waals surface area contributed by atoms with Gasteiger partial charge < -0.3 is 10.6 Å². The van der Waals surface area contributed by atoms with Crippen LogP contribution in [-0.4, -0.2) is 22.8 Å². The number of carbonyl (C=O) groups excluding carboxylic acids is 2. The van der Waals surface area contributed by atoms with Crippen LogP contribution in [0.15, 0.2) is 24.3 Å². The predicted molar refractivity (Wildman–Crippen MR) is 99.9 cm³/mol. The number of aromatic nitrogens is 1. The summed E-state index contributed by atoms with van der Waals surface area (Å²) in [5.41, 5.74) is 0.990. The van der Waals surface area contributed by atoms with Crippen molar-refractivity contribution in [2.75, 3.05) is 5.32 Å². The van der Waals surface area contributed by atoms with Gasteiger partial charge in [0, 0.05) is 4.88 Å². The summed E-state index contributed by atoms with van der Waals surface area (Å²) in [6.07, 6.45) is 4.22. The van der Waals surface area contributed by atoms with Crippen LogP contribution in [0.5, 0.6) is 0 Å². The van der Waals surface area contributed by atoms with E-state index in [0.717, 1.165) is 31.4 Å². The minimum Gasteiger partial charge on any atom is -0.340 e. The van der Waals surface area contributed by atoms with Crippen molar-refractivity contribution in [1.82, 2.24) is 10.3 Å². The van der Waals surface area contributed by atoms with E-state index >= 15 is 0 Å². The molecule has 1 aliphatic rings. The number of rotatable bonds is 5. The molecule has 5 nitrogen and oxygen atoms in total. The molecule has 2 N–H and O–H groups in total. The number of anilines is 1. The van der Waals surface area contributed by atoms with Crippen molar-refractivity contribution in [3.05, 3.63) is 46.2 Å². The van der Waals surface area contributed by atoms with Crippen LogP contribution in [0, 0.1) is 11.7 Å². The Morgan fingerprint density at radius 1 is 1.19 bits per heavy atom. The van der Waals surface area contributed by atoms with Gasteiger partial charge in [-0.1, -0.05) is 26.0 Å².